The number of nitrogens with one attached hydrogen (secondary N) is 1. The van der Waals surface area contributed by atoms with Gasteiger partial charge in [0.1, 0.15) is 11.5 Å². The smallest absolute Gasteiger partial charge is 0.277 e. The van der Waals surface area contributed by atoms with Crippen LogP contribution in [0.5, 0.6) is 11.5 Å². The normalized spacial score (nSPS) is 11.0. The summed E-state index contributed by atoms with van der Waals surface area (Å²) in [6, 6.07) is 18.8. The van der Waals surface area contributed by atoms with Crippen molar-refractivity contribution in [3.63, 3.8) is 0 Å². The van der Waals surface area contributed by atoms with Crippen LogP contribution in [0.1, 0.15) is 24.5 Å². The van der Waals surface area contributed by atoms with Gasteiger partial charge in [0.05, 0.1) is 6.21 Å². The molecule has 3 aromatic rings. The molecule has 0 aromatic heterocycles. The second-order valence-corrected chi connectivity index (χ2v) is 6.20. The summed E-state index contributed by atoms with van der Waals surface area (Å²) in [4.78, 5) is 11.9. The molecule has 0 fully saturated rings. The Kier molecular flexibility index (Phi) is 6.05. The Hall–Kier alpha value is -3.34. The Bertz CT molecular complexity index is 949. The quantitative estimate of drug-likeness (QED) is 0.492. The highest BCUT2D eigenvalue weighted by molar-refractivity contribution is 6.02. The van der Waals surface area contributed by atoms with Gasteiger partial charge in [0.2, 0.25) is 0 Å². The van der Waals surface area contributed by atoms with Crippen LogP contribution < -0.4 is 10.2 Å². The van der Waals surface area contributed by atoms with E-state index in [1.165, 1.54) is 11.8 Å². The number of hydrogen-bond donors (Lipinski definition) is 2. The third kappa shape index (κ3) is 4.85. The molecule has 0 unspecified atom stereocenters. The number of amides is 1. The number of aromatic hydroxyl groups is 1. The van der Waals surface area contributed by atoms with E-state index in [0.29, 0.717) is 11.3 Å². The molecule has 3 aromatic carbocycles. The van der Waals surface area contributed by atoms with Crippen molar-refractivity contribution in [2.45, 2.75) is 19.8 Å². The number of hydrogen-bond acceptors (Lipinski definition) is 4. The number of nitrogens with zero attached hydrogens (tertiary/aromatic N) is 1. The largest absolute Gasteiger partial charge is 0.507 e. The maximum Gasteiger partial charge on any atom is 0.277 e. The van der Waals surface area contributed by atoms with Crippen molar-refractivity contribution >= 4 is 22.9 Å². The highest BCUT2D eigenvalue weighted by Crippen LogP contribution is 2.25. The molecule has 5 heteroatoms. The Morgan fingerprint density at radius 3 is 2.67 bits per heavy atom. The maximum absolute atomic E-state index is 11.9. The van der Waals surface area contributed by atoms with Crippen LogP contribution >= 0.6 is 0 Å². The number of hydrazone groups is 1. The lowest BCUT2D eigenvalue weighted by atomic mass is 10.0. The number of carbonyl (C=O) groups excluding carboxylic acids is 1. The SMILES string of the molecule is CCCc1ccc(OCC(=O)NN=Cc2c(O)ccc3ccccc23)cc1. The first-order valence-electron chi connectivity index (χ1n) is 8.91. The lowest BCUT2D eigenvalue weighted by molar-refractivity contribution is -0.123. The van der Waals surface area contributed by atoms with Crippen LogP contribution in [0.2, 0.25) is 0 Å². The Balaban J connectivity index is 1.57. The summed E-state index contributed by atoms with van der Waals surface area (Å²) in [7, 11) is 0. The topological polar surface area (TPSA) is 70.9 Å². The van der Waals surface area contributed by atoms with E-state index in [1.54, 1.807) is 6.07 Å². The van der Waals surface area contributed by atoms with Crippen LogP contribution in [0.3, 0.4) is 0 Å². The van der Waals surface area contributed by atoms with E-state index in [9.17, 15) is 9.90 Å². The first-order chi connectivity index (χ1) is 13.2. The predicted molar refractivity (Wildman–Crippen MR) is 107 cm³/mol. The van der Waals surface area contributed by atoms with E-state index < -0.39 is 0 Å². The van der Waals surface area contributed by atoms with E-state index >= 15 is 0 Å². The molecule has 0 radical (unpaired) electrons. The summed E-state index contributed by atoms with van der Waals surface area (Å²) in [5.74, 6) is 0.374. The number of aryl methyl sites for hydroxylation is 1. The molecule has 0 heterocycles. The molecule has 3 rings (SSSR count). The van der Waals surface area contributed by atoms with E-state index in [1.807, 2.05) is 54.6 Å². The maximum atomic E-state index is 11.9. The highest BCUT2D eigenvalue weighted by Gasteiger charge is 2.05. The zero-order valence-electron chi connectivity index (χ0n) is 15.2. The van der Waals surface area contributed by atoms with Crippen molar-refractivity contribution in [3.8, 4) is 11.5 Å². The van der Waals surface area contributed by atoms with Crippen molar-refractivity contribution in [1.29, 1.82) is 0 Å². The number of rotatable bonds is 7. The molecule has 0 aliphatic carbocycles. The van der Waals surface area contributed by atoms with Crippen LogP contribution in [0.15, 0.2) is 65.8 Å². The number of phenols is 1. The Morgan fingerprint density at radius 1 is 1.11 bits per heavy atom. The van der Waals surface area contributed by atoms with Crippen molar-refractivity contribution in [1.82, 2.24) is 5.43 Å². The Morgan fingerprint density at radius 2 is 1.89 bits per heavy atom. The third-order valence-corrected chi connectivity index (χ3v) is 4.16. The molecule has 0 bridgehead atoms. The van der Waals surface area contributed by atoms with E-state index in [2.05, 4.69) is 17.5 Å². The van der Waals surface area contributed by atoms with Gasteiger partial charge in [-0.25, -0.2) is 5.43 Å². The summed E-state index contributed by atoms with van der Waals surface area (Å²) in [5.41, 5.74) is 4.22. The predicted octanol–water partition coefficient (Wildman–Crippen LogP) is 4.03. The van der Waals surface area contributed by atoms with Gasteiger partial charge in [0, 0.05) is 5.56 Å². The number of carbonyl (C=O) groups is 1. The van der Waals surface area contributed by atoms with Crippen molar-refractivity contribution in [3.05, 3.63) is 71.8 Å². The summed E-state index contributed by atoms with van der Waals surface area (Å²) in [6.45, 7) is 2.00. The molecule has 1 amide bonds. The first-order valence-corrected chi connectivity index (χ1v) is 8.91. The van der Waals surface area contributed by atoms with Gasteiger partial charge in [-0.1, -0.05) is 55.8 Å². The fourth-order valence-electron chi connectivity index (χ4n) is 2.81. The zero-order chi connectivity index (χ0) is 19.1. The van der Waals surface area contributed by atoms with Crippen molar-refractivity contribution < 1.29 is 14.6 Å². The fraction of sp³-hybridized carbons (Fsp3) is 0.182. The molecular weight excluding hydrogens is 340 g/mol. The van der Waals surface area contributed by atoms with Crippen LogP contribution in [0, 0.1) is 0 Å². The molecule has 5 nitrogen and oxygen atoms in total. The highest BCUT2D eigenvalue weighted by atomic mass is 16.5. The van der Waals surface area contributed by atoms with E-state index in [0.717, 1.165) is 23.6 Å². The first kappa shape index (κ1) is 18.5. The summed E-state index contributed by atoms with van der Waals surface area (Å²) >= 11 is 0. The monoisotopic (exact) mass is 362 g/mol. The molecule has 0 saturated heterocycles. The fourth-order valence-corrected chi connectivity index (χ4v) is 2.81. The molecule has 2 N–H and O–H groups in total. The van der Waals surface area contributed by atoms with Crippen LogP contribution in [-0.2, 0) is 11.2 Å². The number of fused-ring (bicyclic) bond motifs is 1. The lowest BCUT2D eigenvalue weighted by Crippen LogP contribution is -2.24. The lowest BCUT2D eigenvalue weighted by Gasteiger charge is -2.07. The van der Waals surface area contributed by atoms with Crippen molar-refractivity contribution in [2.24, 2.45) is 5.10 Å². The minimum Gasteiger partial charge on any atom is -0.507 e. The number of phenolic OH excluding ortho intramolecular Hbond substituents is 1. The molecule has 0 aliphatic rings. The van der Waals surface area contributed by atoms with Gasteiger partial charge in [-0.05, 0) is 41.0 Å². The van der Waals surface area contributed by atoms with Crippen LogP contribution in [0.4, 0.5) is 0 Å². The average Bonchev–Trinajstić information content (AvgIpc) is 2.69. The Labute approximate surface area is 158 Å². The van der Waals surface area contributed by atoms with E-state index in [4.69, 9.17) is 4.74 Å². The summed E-state index contributed by atoms with van der Waals surface area (Å²) < 4.78 is 5.46. The molecule has 27 heavy (non-hydrogen) atoms. The number of benzene rings is 3. The van der Waals surface area contributed by atoms with Gasteiger partial charge in [-0.15, -0.1) is 0 Å². The van der Waals surface area contributed by atoms with Gasteiger partial charge < -0.3 is 9.84 Å². The van der Waals surface area contributed by atoms with Gasteiger partial charge in [0.25, 0.3) is 5.91 Å². The van der Waals surface area contributed by atoms with Crippen LogP contribution in [-0.4, -0.2) is 23.8 Å². The van der Waals surface area contributed by atoms with Gasteiger partial charge in [0.15, 0.2) is 6.61 Å². The molecule has 138 valence electrons. The molecule has 0 aliphatic heterocycles. The zero-order valence-corrected chi connectivity index (χ0v) is 15.2. The minimum atomic E-state index is -0.372. The second-order valence-electron chi connectivity index (χ2n) is 6.20. The van der Waals surface area contributed by atoms with Gasteiger partial charge in [-0.2, -0.15) is 5.10 Å². The third-order valence-electron chi connectivity index (χ3n) is 4.16. The van der Waals surface area contributed by atoms with Crippen LogP contribution in [0.25, 0.3) is 10.8 Å². The van der Waals surface area contributed by atoms with Crippen molar-refractivity contribution in [2.75, 3.05) is 6.61 Å². The molecule has 0 spiro atoms. The molecule has 0 atom stereocenters. The average molecular weight is 362 g/mol. The standard InChI is InChI=1S/C22H22N2O3/c1-2-5-16-8-11-18(12-9-16)27-15-22(26)24-23-14-20-19-7-4-3-6-17(19)10-13-21(20)25/h3-4,6-14,25H,2,5,15H2,1H3,(H,24,26). The van der Waals surface area contributed by atoms with E-state index in [-0.39, 0.29) is 18.3 Å². The summed E-state index contributed by atoms with van der Waals surface area (Å²) in [6.07, 6.45) is 3.55. The minimum absolute atomic E-state index is 0.107. The summed E-state index contributed by atoms with van der Waals surface area (Å²) in [5, 5.41) is 15.8. The number of ether oxygens (including phenoxy) is 1. The molecular formula is C22H22N2O3. The molecule has 0 saturated carbocycles. The van der Waals surface area contributed by atoms with Gasteiger partial charge in [-0.3, -0.25) is 4.79 Å². The van der Waals surface area contributed by atoms with Gasteiger partial charge >= 0.3 is 0 Å². The second kappa shape index (κ2) is 8.85.